The maximum atomic E-state index is 13.1. The molecule has 0 N–H and O–H groups in total. The zero-order valence-corrected chi connectivity index (χ0v) is 12.5. The van der Waals surface area contributed by atoms with Crippen molar-refractivity contribution in [2.24, 2.45) is 5.41 Å². The number of rotatable bonds is 1. The number of Topliss-reactive ketones (excluding diaryl/α,β-unsaturated/α-hetero) is 1. The van der Waals surface area contributed by atoms with Crippen molar-refractivity contribution >= 4 is 5.78 Å². The van der Waals surface area contributed by atoms with Crippen LogP contribution in [0.1, 0.15) is 38.8 Å². The molecule has 0 amide bonds. The van der Waals surface area contributed by atoms with E-state index in [2.05, 4.69) is 31.2 Å². The number of carbonyl (C=O) groups is 1. The molecule has 0 saturated carbocycles. The molecule has 102 valence electrons. The van der Waals surface area contributed by atoms with Crippen molar-refractivity contribution in [3.05, 3.63) is 59.7 Å². The fourth-order valence-corrected chi connectivity index (χ4v) is 3.45. The first kappa shape index (κ1) is 13.1. The van der Waals surface area contributed by atoms with Gasteiger partial charge in [-0.05, 0) is 29.2 Å². The Labute approximate surface area is 120 Å². The van der Waals surface area contributed by atoms with Crippen LogP contribution in [0.2, 0.25) is 0 Å². The molecule has 0 aliphatic heterocycles. The van der Waals surface area contributed by atoms with Crippen LogP contribution in [0, 0.1) is 5.41 Å². The predicted octanol–water partition coefficient (Wildman–Crippen LogP) is 4.59. The molecule has 0 unspecified atom stereocenters. The van der Waals surface area contributed by atoms with Gasteiger partial charge in [-0.15, -0.1) is 0 Å². The predicted molar refractivity (Wildman–Crippen MR) is 82.8 cm³/mol. The van der Waals surface area contributed by atoms with E-state index in [9.17, 15) is 4.79 Å². The van der Waals surface area contributed by atoms with Crippen molar-refractivity contribution in [3.8, 4) is 11.1 Å². The van der Waals surface area contributed by atoms with E-state index in [1.54, 1.807) is 0 Å². The van der Waals surface area contributed by atoms with Gasteiger partial charge in [-0.2, -0.15) is 0 Å². The molecule has 0 aromatic heterocycles. The van der Waals surface area contributed by atoms with Gasteiger partial charge in [-0.25, -0.2) is 0 Å². The molecule has 0 bridgehead atoms. The Morgan fingerprint density at radius 3 is 1.65 bits per heavy atom. The Kier molecular flexibility index (Phi) is 2.66. The summed E-state index contributed by atoms with van der Waals surface area (Å²) in [6.07, 6.45) is 0. The summed E-state index contributed by atoms with van der Waals surface area (Å²) in [5.74, 6) is 0.280. The minimum atomic E-state index is -0.536. The van der Waals surface area contributed by atoms with E-state index in [1.165, 1.54) is 11.1 Å². The van der Waals surface area contributed by atoms with Gasteiger partial charge in [0.15, 0.2) is 5.78 Å². The van der Waals surface area contributed by atoms with Crippen LogP contribution in [-0.2, 0) is 10.2 Å². The third kappa shape index (κ3) is 1.59. The second-order valence-corrected chi connectivity index (χ2v) is 6.80. The van der Waals surface area contributed by atoms with Crippen LogP contribution < -0.4 is 0 Å². The van der Waals surface area contributed by atoms with E-state index in [0.29, 0.717) is 0 Å². The minimum Gasteiger partial charge on any atom is -0.298 e. The fraction of sp³-hybridized carbons (Fsp3) is 0.316. The average Bonchev–Trinajstić information content (AvgIpc) is 2.69. The number of hydrogen-bond donors (Lipinski definition) is 0. The van der Waals surface area contributed by atoms with Gasteiger partial charge < -0.3 is 0 Å². The molecule has 0 saturated heterocycles. The second kappa shape index (κ2) is 4.05. The van der Waals surface area contributed by atoms with Gasteiger partial charge >= 0.3 is 0 Å². The molecule has 1 heteroatoms. The Morgan fingerprint density at radius 1 is 0.850 bits per heavy atom. The van der Waals surface area contributed by atoms with Crippen LogP contribution in [-0.4, -0.2) is 5.78 Å². The molecule has 3 rings (SSSR count). The largest absolute Gasteiger partial charge is 0.298 e. The second-order valence-electron chi connectivity index (χ2n) is 6.80. The van der Waals surface area contributed by atoms with Crippen LogP contribution in [0.25, 0.3) is 11.1 Å². The molecule has 0 atom stereocenters. The molecule has 1 aliphatic rings. The topological polar surface area (TPSA) is 17.1 Å². The monoisotopic (exact) mass is 264 g/mol. The fourth-order valence-electron chi connectivity index (χ4n) is 3.45. The Morgan fingerprint density at radius 2 is 1.25 bits per heavy atom. The van der Waals surface area contributed by atoms with Crippen LogP contribution in [0.15, 0.2) is 48.5 Å². The zero-order valence-electron chi connectivity index (χ0n) is 12.5. The molecule has 0 heterocycles. The van der Waals surface area contributed by atoms with E-state index >= 15 is 0 Å². The summed E-state index contributed by atoms with van der Waals surface area (Å²) in [6.45, 7) is 8.09. The van der Waals surface area contributed by atoms with Gasteiger partial charge in [0.25, 0.3) is 0 Å². The summed E-state index contributed by atoms with van der Waals surface area (Å²) >= 11 is 0. The van der Waals surface area contributed by atoms with Crippen molar-refractivity contribution < 1.29 is 4.79 Å². The summed E-state index contributed by atoms with van der Waals surface area (Å²) in [7, 11) is 0. The molecule has 0 radical (unpaired) electrons. The van der Waals surface area contributed by atoms with Crippen LogP contribution in [0.5, 0.6) is 0 Å². The van der Waals surface area contributed by atoms with Crippen molar-refractivity contribution in [2.75, 3.05) is 0 Å². The Balaban J connectivity index is 2.34. The van der Waals surface area contributed by atoms with Gasteiger partial charge in [0, 0.05) is 5.41 Å². The summed E-state index contributed by atoms with van der Waals surface area (Å²) < 4.78 is 0. The molecular formula is C19H20O. The average molecular weight is 264 g/mol. The maximum absolute atomic E-state index is 13.1. The summed E-state index contributed by atoms with van der Waals surface area (Å²) in [5, 5.41) is 0. The van der Waals surface area contributed by atoms with Gasteiger partial charge in [0.1, 0.15) is 0 Å². The van der Waals surface area contributed by atoms with E-state index in [0.717, 1.165) is 11.1 Å². The third-order valence-corrected chi connectivity index (χ3v) is 4.36. The molecule has 0 fully saturated rings. The van der Waals surface area contributed by atoms with Crippen LogP contribution >= 0.6 is 0 Å². The van der Waals surface area contributed by atoms with Gasteiger partial charge in [-0.1, -0.05) is 69.3 Å². The highest BCUT2D eigenvalue weighted by Crippen LogP contribution is 2.51. The third-order valence-electron chi connectivity index (χ3n) is 4.36. The smallest absolute Gasteiger partial charge is 0.152 e. The van der Waals surface area contributed by atoms with Gasteiger partial charge in [-0.3, -0.25) is 4.79 Å². The molecule has 1 aliphatic carbocycles. The van der Waals surface area contributed by atoms with Crippen molar-refractivity contribution in [3.63, 3.8) is 0 Å². The lowest BCUT2D eigenvalue weighted by Gasteiger charge is -2.32. The lowest BCUT2D eigenvalue weighted by molar-refractivity contribution is -0.130. The van der Waals surface area contributed by atoms with E-state index in [4.69, 9.17) is 0 Å². The van der Waals surface area contributed by atoms with Crippen molar-refractivity contribution in [1.82, 2.24) is 0 Å². The van der Waals surface area contributed by atoms with E-state index in [-0.39, 0.29) is 11.2 Å². The number of benzene rings is 2. The quantitative estimate of drug-likeness (QED) is 0.736. The summed E-state index contributed by atoms with van der Waals surface area (Å²) in [5.41, 5.74) is 3.78. The van der Waals surface area contributed by atoms with Gasteiger partial charge in [0.05, 0.1) is 5.41 Å². The molecule has 1 nitrogen and oxygen atoms in total. The number of fused-ring (bicyclic) bond motifs is 3. The van der Waals surface area contributed by atoms with Crippen molar-refractivity contribution in [2.45, 2.75) is 33.1 Å². The molecule has 20 heavy (non-hydrogen) atoms. The lowest BCUT2D eigenvalue weighted by atomic mass is 9.68. The maximum Gasteiger partial charge on any atom is 0.152 e. The first-order valence-electron chi connectivity index (χ1n) is 7.11. The summed E-state index contributed by atoms with van der Waals surface area (Å²) in [4.78, 5) is 13.1. The Bertz CT molecular complexity index is 643. The lowest BCUT2D eigenvalue weighted by Crippen LogP contribution is -2.40. The number of ketones is 1. The van der Waals surface area contributed by atoms with E-state index < -0.39 is 5.41 Å². The molecule has 2 aromatic rings. The molecule has 2 aromatic carbocycles. The number of hydrogen-bond acceptors (Lipinski definition) is 1. The standard InChI is InChI=1S/C19H20O/c1-18(2,3)17(20)19(4)15-11-7-5-9-13(15)14-10-6-8-12-16(14)19/h5-12H,1-4H3. The summed E-state index contributed by atoms with van der Waals surface area (Å²) in [6, 6.07) is 16.6. The SMILES string of the molecule is CC(C)(C)C(=O)C1(C)c2ccccc2-c2ccccc21. The Hall–Kier alpha value is -1.89. The normalized spacial score (nSPS) is 15.6. The van der Waals surface area contributed by atoms with Crippen LogP contribution in [0.4, 0.5) is 0 Å². The van der Waals surface area contributed by atoms with Crippen LogP contribution in [0.3, 0.4) is 0 Å². The highest BCUT2D eigenvalue weighted by molar-refractivity contribution is 6.03. The van der Waals surface area contributed by atoms with E-state index in [1.807, 2.05) is 45.0 Å². The molecule has 0 spiro atoms. The van der Waals surface area contributed by atoms with Crippen molar-refractivity contribution in [1.29, 1.82) is 0 Å². The minimum absolute atomic E-state index is 0.280. The zero-order chi connectivity index (χ0) is 14.5. The van der Waals surface area contributed by atoms with Gasteiger partial charge in [0.2, 0.25) is 0 Å². The highest BCUT2D eigenvalue weighted by atomic mass is 16.1. The molecular weight excluding hydrogens is 244 g/mol. The number of carbonyl (C=O) groups excluding carboxylic acids is 1. The highest BCUT2D eigenvalue weighted by Gasteiger charge is 2.48. The first-order chi connectivity index (χ1) is 9.37. The first-order valence-corrected chi connectivity index (χ1v) is 7.11.